The molecule has 3 heteroatoms. The first-order valence-corrected chi connectivity index (χ1v) is 5.92. The molecule has 0 spiro atoms. The number of nitrogens with two attached hydrogens (primary N) is 1. The summed E-state index contributed by atoms with van der Waals surface area (Å²) in [6, 6.07) is 7.41. The first kappa shape index (κ1) is 11.7. The van der Waals surface area contributed by atoms with E-state index >= 15 is 0 Å². The summed E-state index contributed by atoms with van der Waals surface area (Å²) in [6.45, 7) is 3.55. The Morgan fingerprint density at radius 1 is 1.43 bits per heavy atom. The summed E-state index contributed by atoms with van der Waals surface area (Å²) >= 11 is 2.30. The largest absolute Gasteiger partial charge is 0.386 e. The Kier molecular flexibility index (Phi) is 4.57. The van der Waals surface area contributed by atoms with Gasteiger partial charge in [-0.15, -0.1) is 6.58 Å². The highest BCUT2D eigenvalue weighted by atomic mass is 127. The van der Waals surface area contributed by atoms with E-state index in [0.717, 1.165) is 9.99 Å². The van der Waals surface area contributed by atoms with Gasteiger partial charge < -0.3 is 10.8 Å². The van der Waals surface area contributed by atoms with Crippen molar-refractivity contribution in [1.29, 1.82) is 0 Å². The van der Waals surface area contributed by atoms with Crippen molar-refractivity contribution in [3.63, 3.8) is 0 Å². The van der Waals surface area contributed by atoms with Crippen molar-refractivity contribution in [2.75, 3.05) is 0 Å². The van der Waals surface area contributed by atoms with E-state index in [1.54, 1.807) is 6.08 Å². The second kappa shape index (κ2) is 5.48. The molecule has 0 aliphatic heterocycles. The van der Waals surface area contributed by atoms with Crippen molar-refractivity contribution in [1.82, 2.24) is 0 Å². The van der Waals surface area contributed by atoms with E-state index in [4.69, 9.17) is 5.73 Å². The van der Waals surface area contributed by atoms with E-state index in [1.807, 2.05) is 24.3 Å². The molecule has 1 aromatic rings. The molecule has 0 unspecified atom stereocenters. The summed E-state index contributed by atoms with van der Waals surface area (Å²) < 4.78 is 0.974. The molecule has 2 atom stereocenters. The SMILES string of the molecule is C=C[C@@H](N)[C@H](O)c1ccc(CI)cc1. The Bertz CT molecular complexity index is 297. The quantitative estimate of drug-likeness (QED) is 0.509. The number of hydrogen-bond acceptors (Lipinski definition) is 2. The van der Waals surface area contributed by atoms with E-state index in [2.05, 4.69) is 29.2 Å². The Balaban J connectivity index is 2.80. The predicted octanol–water partition coefficient (Wildman–Crippen LogP) is 2.17. The molecule has 0 saturated heterocycles. The van der Waals surface area contributed by atoms with Gasteiger partial charge in [-0.3, -0.25) is 0 Å². The minimum atomic E-state index is -0.657. The van der Waals surface area contributed by atoms with Crippen LogP contribution >= 0.6 is 22.6 Å². The molecule has 0 amide bonds. The van der Waals surface area contributed by atoms with Crippen molar-refractivity contribution in [3.05, 3.63) is 48.0 Å². The highest BCUT2D eigenvalue weighted by Crippen LogP contribution is 2.17. The summed E-state index contributed by atoms with van der Waals surface area (Å²) in [7, 11) is 0. The van der Waals surface area contributed by atoms with Crippen LogP contribution in [0.1, 0.15) is 17.2 Å². The van der Waals surface area contributed by atoms with Crippen LogP contribution in [0.25, 0.3) is 0 Å². The zero-order valence-corrected chi connectivity index (χ0v) is 10.0. The Hall–Kier alpha value is -0.390. The summed E-state index contributed by atoms with van der Waals surface area (Å²) in [5.74, 6) is 0. The normalized spacial score (nSPS) is 14.8. The number of alkyl halides is 1. The van der Waals surface area contributed by atoms with Crippen LogP contribution in [0.3, 0.4) is 0 Å². The molecule has 0 heterocycles. The van der Waals surface area contributed by atoms with Crippen LogP contribution in [0.15, 0.2) is 36.9 Å². The average molecular weight is 303 g/mol. The number of rotatable bonds is 4. The smallest absolute Gasteiger partial charge is 0.0976 e. The van der Waals surface area contributed by atoms with Gasteiger partial charge in [-0.05, 0) is 11.1 Å². The fourth-order valence-corrected chi connectivity index (χ4v) is 1.66. The summed E-state index contributed by atoms with van der Waals surface area (Å²) in [6.07, 6.45) is 0.896. The minimum absolute atomic E-state index is 0.402. The maximum Gasteiger partial charge on any atom is 0.0976 e. The molecular formula is C11H14INO. The van der Waals surface area contributed by atoms with Gasteiger partial charge in [0.25, 0.3) is 0 Å². The molecule has 0 fully saturated rings. The zero-order chi connectivity index (χ0) is 10.6. The number of aliphatic hydroxyl groups is 1. The van der Waals surface area contributed by atoms with E-state index in [-0.39, 0.29) is 0 Å². The van der Waals surface area contributed by atoms with Crippen LogP contribution < -0.4 is 5.73 Å². The minimum Gasteiger partial charge on any atom is -0.386 e. The molecular weight excluding hydrogens is 289 g/mol. The van der Waals surface area contributed by atoms with Gasteiger partial charge in [0.1, 0.15) is 0 Å². The molecule has 0 saturated carbocycles. The number of aliphatic hydroxyl groups excluding tert-OH is 1. The van der Waals surface area contributed by atoms with Crippen LogP contribution in [0, 0.1) is 0 Å². The number of halogens is 1. The lowest BCUT2D eigenvalue weighted by Gasteiger charge is -2.15. The monoisotopic (exact) mass is 303 g/mol. The predicted molar refractivity (Wildman–Crippen MR) is 67.3 cm³/mol. The molecule has 0 aliphatic carbocycles. The average Bonchev–Trinajstić information content (AvgIpc) is 2.27. The van der Waals surface area contributed by atoms with Crippen molar-refractivity contribution in [2.45, 2.75) is 16.6 Å². The Labute approximate surface area is 98.0 Å². The Morgan fingerprint density at radius 2 is 2.00 bits per heavy atom. The maximum absolute atomic E-state index is 9.75. The van der Waals surface area contributed by atoms with Crippen LogP contribution in [0.4, 0.5) is 0 Å². The van der Waals surface area contributed by atoms with E-state index in [0.29, 0.717) is 0 Å². The van der Waals surface area contributed by atoms with Gasteiger partial charge >= 0.3 is 0 Å². The third-order valence-corrected chi connectivity index (χ3v) is 2.99. The first-order chi connectivity index (χ1) is 6.69. The molecule has 1 rings (SSSR count). The third-order valence-electron chi connectivity index (χ3n) is 2.11. The van der Waals surface area contributed by atoms with Crippen molar-refractivity contribution in [2.24, 2.45) is 5.73 Å². The lowest BCUT2D eigenvalue weighted by Crippen LogP contribution is -2.25. The van der Waals surface area contributed by atoms with Crippen molar-refractivity contribution >= 4 is 22.6 Å². The third kappa shape index (κ3) is 2.80. The second-order valence-corrected chi connectivity index (χ2v) is 3.90. The van der Waals surface area contributed by atoms with Crippen LogP contribution in [0.5, 0.6) is 0 Å². The molecule has 2 nitrogen and oxygen atoms in total. The molecule has 14 heavy (non-hydrogen) atoms. The molecule has 3 N–H and O–H groups in total. The lowest BCUT2D eigenvalue weighted by atomic mass is 10.0. The van der Waals surface area contributed by atoms with Crippen molar-refractivity contribution < 1.29 is 5.11 Å². The van der Waals surface area contributed by atoms with E-state index in [1.165, 1.54) is 5.56 Å². The zero-order valence-electron chi connectivity index (χ0n) is 7.86. The maximum atomic E-state index is 9.75. The van der Waals surface area contributed by atoms with Gasteiger partial charge in [0.2, 0.25) is 0 Å². The van der Waals surface area contributed by atoms with Crippen molar-refractivity contribution in [3.8, 4) is 0 Å². The Morgan fingerprint density at radius 3 is 2.43 bits per heavy atom. The summed E-state index contributed by atoms with van der Waals surface area (Å²) in [4.78, 5) is 0. The standard InChI is InChI=1S/C11H14INO/c1-2-10(13)11(14)9-5-3-8(7-12)4-6-9/h2-6,10-11,14H,1,7,13H2/t10-,11-/m1/s1. The van der Waals surface area contributed by atoms with Gasteiger partial charge in [0.05, 0.1) is 12.1 Å². The molecule has 0 radical (unpaired) electrons. The number of benzene rings is 1. The van der Waals surface area contributed by atoms with Crippen LogP contribution in [-0.4, -0.2) is 11.1 Å². The van der Waals surface area contributed by atoms with Gasteiger partial charge in [0.15, 0.2) is 0 Å². The van der Waals surface area contributed by atoms with Crippen LogP contribution in [0.2, 0.25) is 0 Å². The molecule has 76 valence electrons. The fraction of sp³-hybridized carbons (Fsp3) is 0.273. The highest BCUT2D eigenvalue weighted by molar-refractivity contribution is 14.1. The topological polar surface area (TPSA) is 46.2 Å². The van der Waals surface area contributed by atoms with E-state index < -0.39 is 12.1 Å². The van der Waals surface area contributed by atoms with Gasteiger partial charge in [-0.25, -0.2) is 0 Å². The fourth-order valence-electron chi connectivity index (χ4n) is 1.16. The van der Waals surface area contributed by atoms with Gasteiger partial charge in [-0.2, -0.15) is 0 Å². The number of hydrogen-bond donors (Lipinski definition) is 2. The molecule has 1 aromatic carbocycles. The molecule has 0 bridgehead atoms. The molecule has 0 aromatic heterocycles. The lowest BCUT2D eigenvalue weighted by molar-refractivity contribution is 0.163. The molecule has 0 aliphatic rings. The van der Waals surface area contributed by atoms with E-state index in [9.17, 15) is 5.11 Å². The summed E-state index contributed by atoms with van der Waals surface area (Å²) in [5, 5.41) is 9.75. The summed E-state index contributed by atoms with van der Waals surface area (Å²) in [5.41, 5.74) is 7.73. The van der Waals surface area contributed by atoms with Gasteiger partial charge in [0, 0.05) is 4.43 Å². The first-order valence-electron chi connectivity index (χ1n) is 4.40. The second-order valence-electron chi connectivity index (χ2n) is 3.13. The highest BCUT2D eigenvalue weighted by Gasteiger charge is 2.12. The van der Waals surface area contributed by atoms with Gasteiger partial charge in [-0.1, -0.05) is 52.9 Å². The van der Waals surface area contributed by atoms with Crippen LogP contribution in [-0.2, 0) is 4.43 Å².